The number of carbonyl (C=O) groups is 2. The number of carbonyl (C=O) groups excluding carboxylic acids is 2. The van der Waals surface area contributed by atoms with Gasteiger partial charge in [-0.3, -0.25) is 9.79 Å². The fourth-order valence-electron chi connectivity index (χ4n) is 3.28. The predicted molar refractivity (Wildman–Crippen MR) is 119 cm³/mol. The molecule has 2 aromatic carbocycles. The molecule has 0 unspecified atom stereocenters. The number of amides is 1. The number of aromatic nitrogens is 1. The van der Waals surface area contributed by atoms with E-state index in [1.807, 2.05) is 62.5 Å². The lowest BCUT2D eigenvalue weighted by Crippen LogP contribution is -2.06. The van der Waals surface area contributed by atoms with E-state index in [4.69, 9.17) is 4.74 Å². The third-order valence-corrected chi connectivity index (χ3v) is 4.63. The molecule has 3 aromatic rings. The molecular formula is C24H25N3O3. The monoisotopic (exact) mass is 403 g/mol. The molecule has 0 saturated heterocycles. The fraction of sp³-hybridized carbons (Fsp3) is 0.208. The van der Waals surface area contributed by atoms with Crippen molar-refractivity contribution >= 4 is 29.5 Å². The number of benzene rings is 2. The Balaban J connectivity index is 1.86. The molecule has 1 heterocycles. The maximum atomic E-state index is 12.1. The normalized spacial score (nSPS) is 10.9. The summed E-state index contributed by atoms with van der Waals surface area (Å²) in [7, 11) is 0. The van der Waals surface area contributed by atoms with Gasteiger partial charge in [0.1, 0.15) is 0 Å². The quantitative estimate of drug-likeness (QED) is 0.466. The molecule has 1 aromatic heterocycles. The van der Waals surface area contributed by atoms with E-state index in [0.717, 1.165) is 34.0 Å². The van der Waals surface area contributed by atoms with Crippen molar-refractivity contribution in [3.63, 3.8) is 0 Å². The lowest BCUT2D eigenvalue weighted by atomic mass is 10.2. The molecule has 1 amide bonds. The number of ether oxygens (including phenoxy) is 1. The number of nitrogens with zero attached hydrogens (tertiary/aromatic N) is 2. The van der Waals surface area contributed by atoms with Gasteiger partial charge >= 0.3 is 5.97 Å². The van der Waals surface area contributed by atoms with Crippen LogP contribution in [0.5, 0.6) is 0 Å². The summed E-state index contributed by atoms with van der Waals surface area (Å²) < 4.78 is 7.20. The van der Waals surface area contributed by atoms with Crippen LogP contribution in [0.1, 0.15) is 41.2 Å². The molecule has 0 bridgehead atoms. The first kappa shape index (κ1) is 21.0. The van der Waals surface area contributed by atoms with Crippen LogP contribution in [0.15, 0.2) is 59.6 Å². The Morgan fingerprint density at radius 2 is 1.83 bits per heavy atom. The molecule has 30 heavy (non-hydrogen) atoms. The van der Waals surface area contributed by atoms with Crippen molar-refractivity contribution in [3.8, 4) is 5.69 Å². The number of hydrogen-bond donors (Lipinski definition) is 1. The van der Waals surface area contributed by atoms with Gasteiger partial charge in [-0.15, -0.1) is 0 Å². The van der Waals surface area contributed by atoms with Gasteiger partial charge in [-0.25, -0.2) is 4.79 Å². The molecule has 0 aliphatic carbocycles. The molecule has 0 radical (unpaired) electrons. The van der Waals surface area contributed by atoms with Crippen LogP contribution in [0.2, 0.25) is 0 Å². The molecule has 0 aliphatic rings. The third kappa shape index (κ3) is 4.84. The number of esters is 1. The summed E-state index contributed by atoms with van der Waals surface area (Å²) >= 11 is 0. The van der Waals surface area contributed by atoms with Crippen molar-refractivity contribution in [3.05, 3.63) is 77.1 Å². The fourth-order valence-corrected chi connectivity index (χ4v) is 3.28. The maximum Gasteiger partial charge on any atom is 0.338 e. The van der Waals surface area contributed by atoms with Crippen LogP contribution in [-0.2, 0) is 9.53 Å². The van der Waals surface area contributed by atoms with Crippen molar-refractivity contribution in [2.45, 2.75) is 27.7 Å². The number of rotatable bonds is 6. The highest BCUT2D eigenvalue weighted by molar-refractivity contribution is 5.90. The van der Waals surface area contributed by atoms with Crippen molar-refractivity contribution in [1.29, 1.82) is 0 Å². The molecule has 0 spiro atoms. The first-order chi connectivity index (χ1) is 14.4. The van der Waals surface area contributed by atoms with E-state index >= 15 is 0 Å². The van der Waals surface area contributed by atoms with Gasteiger partial charge in [-0.05, 0) is 69.3 Å². The van der Waals surface area contributed by atoms with E-state index in [9.17, 15) is 9.59 Å². The molecule has 0 atom stereocenters. The first-order valence-corrected chi connectivity index (χ1v) is 9.77. The smallest absolute Gasteiger partial charge is 0.338 e. The summed E-state index contributed by atoms with van der Waals surface area (Å²) in [5.41, 5.74) is 5.99. The number of hydrogen-bond acceptors (Lipinski definition) is 4. The van der Waals surface area contributed by atoms with Crippen LogP contribution < -0.4 is 5.32 Å². The second-order valence-electron chi connectivity index (χ2n) is 6.92. The van der Waals surface area contributed by atoms with Crippen LogP contribution in [-0.4, -0.2) is 29.3 Å². The largest absolute Gasteiger partial charge is 0.462 e. The molecule has 6 heteroatoms. The minimum atomic E-state index is -0.327. The second kappa shape index (κ2) is 9.22. The zero-order valence-corrected chi connectivity index (χ0v) is 17.6. The lowest BCUT2D eigenvalue weighted by molar-refractivity contribution is -0.114. The topological polar surface area (TPSA) is 72.7 Å². The van der Waals surface area contributed by atoms with Crippen LogP contribution in [0, 0.1) is 13.8 Å². The van der Waals surface area contributed by atoms with E-state index in [1.165, 1.54) is 6.92 Å². The zero-order chi connectivity index (χ0) is 21.7. The molecule has 0 saturated carbocycles. The number of nitrogens with one attached hydrogen (secondary N) is 1. The van der Waals surface area contributed by atoms with E-state index in [0.29, 0.717) is 12.2 Å². The zero-order valence-electron chi connectivity index (χ0n) is 17.6. The van der Waals surface area contributed by atoms with Crippen molar-refractivity contribution in [2.24, 2.45) is 4.99 Å². The van der Waals surface area contributed by atoms with Gasteiger partial charge in [0.2, 0.25) is 5.91 Å². The Hall–Kier alpha value is -3.67. The highest BCUT2D eigenvalue weighted by Gasteiger charge is 2.12. The molecule has 1 N–H and O–H groups in total. The minimum Gasteiger partial charge on any atom is -0.462 e. The molecule has 0 fully saturated rings. The highest BCUT2D eigenvalue weighted by atomic mass is 16.5. The summed E-state index contributed by atoms with van der Waals surface area (Å²) in [6.07, 6.45) is 1.82. The molecule has 0 aliphatic heterocycles. The summed E-state index contributed by atoms with van der Waals surface area (Å²) in [5, 5.41) is 2.74. The number of aliphatic imine (C=N–C) groups is 1. The average molecular weight is 403 g/mol. The Morgan fingerprint density at radius 1 is 1.10 bits per heavy atom. The van der Waals surface area contributed by atoms with Gasteiger partial charge in [-0.1, -0.05) is 6.07 Å². The Bertz CT molecular complexity index is 1100. The van der Waals surface area contributed by atoms with Crippen LogP contribution in [0.25, 0.3) is 5.69 Å². The Morgan fingerprint density at radius 3 is 2.50 bits per heavy atom. The average Bonchev–Trinajstić information content (AvgIpc) is 3.00. The van der Waals surface area contributed by atoms with Crippen molar-refractivity contribution < 1.29 is 14.3 Å². The standard InChI is InChI=1S/C24H25N3O3/c1-5-30-24(29)19-7-6-8-23(14-19)27-16(2)13-20(17(27)3)15-25-21-9-11-22(12-10-21)26-18(4)28/h6-15H,5H2,1-4H3,(H,26,28). The summed E-state index contributed by atoms with van der Waals surface area (Å²) in [6, 6.07) is 16.8. The van der Waals surface area contributed by atoms with Gasteiger partial charge in [0.05, 0.1) is 17.9 Å². The van der Waals surface area contributed by atoms with Gasteiger partial charge in [0.15, 0.2) is 0 Å². The van der Waals surface area contributed by atoms with Crippen LogP contribution >= 0.6 is 0 Å². The number of aryl methyl sites for hydroxylation is 1. The Labute approximate surface area is 176 Å². The van der Waals surface area contributed by atoms with Gasteiger partial charge in [-0.2, -0.15) is 0 Å². The van der Waals surface area contributed by atoms with Crippen LogP contribution in [0.3, 0.4) is 0 Å². The SMILES string of the molecule is CCOC(=O)c1cccc(-n2c(C)cc(C=Nc3ccc(NC(C)=O)cc3)c2C)c1. The molecular weight excluding hydrogens is 378 g/mol. The lowest BCUT2D eigenvalue weighted by Gasteiger charge is -2.11. The summed E-state index contributed by atoms with van der Waals surface area (Å²) in [4.78, 5) is 27.7. The van der Waals surface area contributed by atoms with Gasteiger partial charge in [0, 0.05) is 41.5 Å². The van der Waals surface area contributed by atoms with E-state index in [-0.39, 0.29) is 11.9 Å². The maximum absolute atomic E-state index is 12.1. The highest BCUT2D eigenvalue weighted by Crippen LogP contribution is 2.22. The van der Waals surface area contributed by atoms with Gasteiger partial charge < -0.3 is 14.6 Å². The minimum absolute atomic E-state index is 0.106. The van der Waals surface area contributed by atoms with E-state index in [1.54, 1.807) is 13.0 Å². The van der Waals surface area contributed by atoms with E-state index < -0.39 is 0 Å². The van der Waals surface area contributed by atoms with Crippen molar-refractivity contribution in [2.75, 3.05) is 11.9 Å². The third-order valence-electron chi connectivity index (χ3n) is 4.63. The Kier molecular flexibility index (Phi) is 6.47. The van der Waals surface area contributed by atoms with Crippen molar-refractivity contribution in [1.82, 2.24) is 4.57 Å². The molecule has 154 valence electrons. The van der Waals surface area contributed by atoms with E-state index in [2.05, 4.69) is 20.9 Å². The summed E-state index contributed by atoms with van der Waals surface area (Å²) in [6.45, 7) is 7.65. The summed E-state index contributed by atoms with van der Waals surface area (Å²) in [5.74, 6) is -0.433. The first-order valence-electron chi connectivity index (χ1n) is 9.77. The molecule has 3 rings (SSSR count). The van der Waals surface area contributed by atoms with Gasteiger partial charge in [0.25, 0.3) is 0 Å². The second-order valence-corrected chi connectivity index (χ2v) is 6.92. The molecule has 6 nitrogen and oxygen atoms in total. The number of anilines is 1. The predicted octanol–water partition coefficient (Wildman–Crippen LogP) is 4.98. The van der Waals surface area contributed by atoms with Crippen LogP contribution in [0.4, 0.5) is 11.4 Å².